The quantitative estimate of drug-likeness (QED) is 0.475. The molecule has 2 aliphatic heterocycles. The van der Waals surface area contributed by atoms with Gasteiger partial charge in [-0.1, -0.05) is 0 Å². The molecule has 20 heavy (non-hydrogen) atoms. The minimum Gasteiger partial charge on any atom is -0.248 e. The Labute approximate surface area is 107 Å². The van der Waals surface area contributed by atoms with Gasteiger partial charge in [0.1, 0.15) is 9.81 Å². The summed E-state index contributed by atoms with van der Waals surface area (Å²) in [5.41, 5.74) is 0. The van der Waals surface area contributed by atoms with Crippen LogP contribution in [0.1, 0.15) is 0 Å². The summed E-state index contributed by atoms with van der Waals surface area (Å²) in [6.45, 7) is 0. The van der Waals surface area contributed by atoms with Gasteiger partial charge in [0, 0.05) is 0 Å². The molecule has 0 spiro atoms. The van der Waals surface area contributed by atoms with E-state index in [2.05, 4.69) is 8.37 Å². The summed E-state index contributed by atoms with van der Waals surface area (Å²) in [6, 6.07) is 0. The maximum Gasteiger partial charge on any atom is 0.421 e. The molecule has 116 valence electrons. The number of alkyl halides is 6. The van der Waals surface area contributed by atoms with Crippen molar-refractivity contribution in [2.75, 3.05) is 0 Å². The van der Waals surface area contributed by atoms with Crippen LogP contribution in [0.3, 0.4) is 0 Å². The monoisotopic (exact) mass is 348 g/mol. The molecular weight excluding hydrogens is 346 g/mol. The summed E-state index contributed by atoms with van der Waals surface area (Å²) in [7, 11) is -11.0. The predicted molar refractivity (Wildman–Crippen MR) is 46.7 cm³/mol. The minimum absolute atomic E-state index is 2.08. The van der Waals surface area contributed by atoms with Crippen LogP contribution in [0, 0.1) is 0 Å². The van der Waals surface area contributed by atoms with E-state index in [9.17, 15) is 43.2 Å². The van der Waals surface area contributed by atoms with Crippen LogP contribution >= 0.6 is 0 Å². The zero-order valence-electron chi connectivity index (χ0n) is 8.69. The van der Waals surface area contributed by atoms with E-state index >= 15 is 0 Å². The Morgan fingerprint density at radius 2 is 0.950 bits per heavy atom. The molecule has 2 rings (SSSR count). The SMILES string of the molecule is O=S1(=O)OC(C(F)(F)F)C2=C1C(C(F)(F)F)OS2(=O)=O. The van der Waals surface area contributed by atoms with Gasteiger partial charge in [0.2, 0.25) is 12.2 Å². The average Bonchev–Trinajstić information content (AvgIpc) is 2.59. The van der Waals surface area contributed by atoms with Gasteiger partial charge in [0.15, 0.2) is 0 Å². The smallest absolute Gasteiger partial charge is 0.248 e. The normalized spacial score (nSPS) is 32.5. The van der Waals surface area contributed by atoms with Gasteiger partial charge >= 0.3 is 12.4 Å². The first-order chi connectivity index (χ1) is 8.68. The average molecular weight is 348 g/mol. The second-order valence-electron chi connectivity index (χ2n) is 3.67. The Hall–Kier alpha value is -0.860. The van der Waals surface area contributed by atoms with E-state index in [-0.39, 0.29) is 0 Å². The third-order valence-electron chi connectivity index (χ3n) is 2.30. The Morgan fingerprint density at radius 3 is 1.15 bits per heavy atom. The predicted octanol–water partition coefficient (Wildman–Crippen LogP) is 0.780. The van der Waals surface area contributed by atoms with Crippen molar-refractivity contribution in [2.45, 2.75) is 24.6 Å². The molecule has 6 nitrogen and oxygen atoms in total. The van der Waals surface area contributed by atoms with Crippen molar-refractivity contribution in [3.63, 3.8) is 0 Å². The molecule has 0 bridgehead atoms. The first kappa shape index (κ1) is 15.5. The first-order valence-electron chi connectivity index (χ1n) is 4.42. The highest BCUT2D eigenvalue weighted by molar-refractivity contribution is 7.96. The van der Waals surface area contributed by atoms with E-state index in [0.717, 1.165) is 0 Å². The molecule has 0 aromatic rings. The lowest BCUT2D eigenvalue weighted by Crippen LogP contribution is -2.36. The third-order valence-corrected chi connectivity index (χ3v) is 5.26. The lowest BCUT2D eigenvalue weighted by molar-refractivity contribution is -0.180. The molecular formula is C6H2F6O6S2. The Bertz CT molecular complexity index is 622. The van der Waals surface area contributed by atoms with Crippen LogP contribution in [0.5, 0.6) is 0 Å². The van der Waals surface area contributed by atoms with E-state index in [1.807, 2.05) is 0 Å². The van der Waals surface area contributed by atoms with Crippen LogP contribution in [-0.2, 0) is 28.6 Å². The largest absolute Gasteiger partial charge is 0.421 e. The Balaban J connectivity index is 2.75. The lowest BCUT2D eigenvalue weighted by atomic mass is 10.2. The molecule has 0 N–H and O–H groups in total. The molecule has 0 aromatic carbocycles. The molecule has 0 fully saturated rings. The molecule has 2 unspecified atom stereocenters. The summed E-state index contributed by atoms with van der Waals surface area (Å²) >= 11 is 0. The minimum atomic E-state index is -5.54. The second kappa shape index (κ2) is 3.86. The molecule has 0 aliphatic carbocycles. The van der Waals surface area contributed by atoms with Crippen LogP contribution in [0.2, 0.25) is 0 Å². The van der Waals surface area contributed by atoms with Crippen molar-refractivity contribution >= 4 is 20.2 Å². The molecule has 2 atom stereocenters. The molecule has 2 aliphatic rings. The number of hydrogen-bond acceptors (Lipinski definition) is 6. The van der Waals surface area contributed by atoms with Gasteiger partial charge in [-0.3, -0.25) is 0 Å². The molecule has 14 heteroatoms. The van der Waals surface area contributed by atoms with Crippen molar-refractivity contribution in [3.8, 4) is 0 Å². The Morgan fingerprint density at radius 1 is 0.700 bits per heavy atom. The van der Waals surface area contributed by atoms with Gasteiger partial charge in [-0.25, -0.2) is 8.37 Å². The van der Waals surface area contributed by atoms with Crippen molar-refractivity contribution in [1.29, 1.82) is 0 Å². The zero-order valence-corrected chi connectivity index (χ0v) is 10.3. The van der Waals surface area contributed by atoms with Crippen LogP contribution < -0.4 is 0 Å². The van der Waals surface area contributed by atoms with Gasteiger partial charge in [0.05, 0.1) is 0 Å². The van der Waals surface area contributed by atoms with Crippen molar-refractivity contribution < 1.29 is 51.5 Å². The van der Waals surface area contributed by atoms with E-state index in [1.165, 1.54) is 0 Å². The number of hydrogen-bond donors (Lipinski definition) is 0. The summed E-state index contributed by atoms with van der Waals surface area (Å²) in [5.74, 6) is 0. The molecule has 2 heterocycles. The summed E-state index contributed by atoms with van der Waals surface area (Å²) in [6.07, 6.45) is -18.2. The van der Waals surface area contributed by atoms with Gasteiger partial charge in [-0.2, -0.15) is 43.2 Å². The van der Waals surface area contributed by atoms with Crippen molar-refractivity contribution in [1.82, 2.24) is 0 Å². The van der Waals surface area contributed by atoms with Crippen LogP contribution in [0.15, 0.2) is 9.81 Å². The highest BCUT2D eigenvalue weighted by Crippen LogP contribution is 2.50. The fourth-order valence-corrected chi connectivity index (χ4v) is 5.07. The van der Waals surface area contributed by atoms with E-state index in [1.54, 1.807) is 0 Å². The number of halogens is 6. The topological polar surface area (TPSA) is 86.7 Å². The third kappa shape index (κ3) is 2.19. The highest BCUT2D eigenvalue weighted by Gasteiger charge is 2.67. The first-order valence-corrected chi connectivity index (χ1v) is 7.23. The van der Waals surface area contributed by atoms with Crippen molar-refractivity contribution in [3.05, 3.63) is 9.81 Å². The number of rotatable bonds is 0. The fourth-order valence-electron chi connectivity index (χ4n) is 1.62. The second-order valence-corrected chi connectivity index (χ2v) is 6.75. The molecule has 0 radical (unpaired) electrons. The Kier molecular flexibility index (Phi) is 3.00. The molecule has 0 aromatic heterocycles. The van der Waals surface area contributed by atoms with Gasteiger partial charge in [-0.05, 0) is 0 Å². The fraction of sp³-hybridized carbons (Fsp3) is 0.667. The molecule has 0 saturated carbocycles. The van der Waals surface area contributed by atoms with Gasteiger partial charge < -0.3 is 0 Å². The van der Waals surface area contributed by atoms with Crippen LogP contribution in [0.25, 0.3) is 0 Å². The standard InChI is InChI=1S/C6H2F6O6S2/c7-5(8,9)3-1-2(20(15,16)17-3)4(6(10,11)12)18-19(1,13)14/h3-4H. The van der Waals surface area contributed by atoms with Gasteiger partial charge in [0.25, 0.3) is 20.2 Å². The van der Waals surface area contributed by atoms with E-state index < -0.39 is 54.6 Å². The molecule has 0 saturated heterocycles. The van der Waals surface area contributed by atoms with Crippen LogP contribution in [0.4, 0.5) is 26.3 Å². The van der Waals surface area contributed by atoms with Crippen LogP contribution in [-0.4, -0.2) is 41.4 Å². The highest BCUT2D eigenvalue weighted by atomic mass is 32.2. The summed E-state index contributed by atoms with van der Waals surface area (Å²) in [5, 5.41) is 0. The van der Waals surface area contributed by atoms with Gasteiger partial charge in [-0.15, -0.1) is 0 Å². The summed E-state index contributed by atoms with van der Waals surface area (Å²) < 4.78 is 127. The summed E-state index contributed by atoms with van der Waals surface area (Å²) in [4.78, 5) is -4.15. The maximum atomic E-state index is 12.5. The van der Waals surface area contributed by atoms with Crippen molar-refractivity contribution in [2.24, 2.45) is 0 Å². The zero-order chi connectivity index (χ0) is 15.7. The lowest BCUT2D eigenvalue weighted by Gasteiger charge is -2.18. The van der Waals surface area contributed by atoms with E-state index in [4.69, 9.17) is 0 Å². The van der Waals surface area contributed by atoms with E-state index in [0.29, 0.717) is 0 Å². The maximum absolute atomic E-state index is 12.5. The molecule has 0 amide bonds.